The van der Waals surface area contributed by atoms with Crippen LogP contribution < -0.4 is 10.1 Å². The zero-order valence-corrected chi connectivity index (χ0v) is 15.8. The predicted molar refractivity (Wildman–Crippen MR) is 106 cm³/mol. The maximum absolute atomic E-state index is 14.0. The number of rotatable bonds is 7. The Morgan fingerprint density at radius 3 is 2.62 bits per heavy atom. The average Bonchev–Trinajstić information content (AvgIpc) is 2.66. The van der Waals surface area contributed by atoms with Gasteiger partial charge in [0.1, 0.15) is 18.2 Å². The third-order valence-corrected chi connectivity index (χ3v) is 5.03. The number of hydrogen-bond donors (Lipinski definition) is 1. The van der Waals surface area contributed by atoms with Gasteiger partial charge in [-0.1, -0.05) is 54.9 Å². The zero-order chi connectivity index (χ0) is 18.5. The van der Waals surface area contributed by atoms with Gasteiger partial charge in [-0.15, -0.1) is 0 Å². The van der Waals surface area contributed by atoms with Crippen molar-refractivity contribution in [2.45, 2.75) is 39.5 Å². The van der Waals surface area contributed by atoms with Gasteiger partial charge < -0.3 is 10.1 Å². The molecule has 0 bridgehead atoms. The maximum atomic E-state index is 14.0. The molecule has 2 nitrogen and oxygen atoms in total. The summed E-state index contributed by atoms with van der Waals surface area (Å²) in [7, 11) is 0. The smallest absolute Gasteiger partial charge is 0.131 e. The minimum atomic E-state index is -0.349. The number of nitrogens with one attached hydrogen (secondary N) is 1. The molecular formula is C22H23ClFNO. The van der Waals surface area contributed by atoms with Crippen LogP contribution in [0.2, 0.25) is 5.02 Å². The predicted octanol–water partition coefficient (Wildman–Crippen LogP) is 6.10. The molecule has 3 aromatic carbocycles. The molecule has 0 aliphatic rings. The summed E-state index contributed by atoms with van der Waals surface area (Å²) in [6, 6.07) is 17.3. The van der Waals surface area contributed by atoms with E-state index in [0.717, 1.165) is 28.5 Å². The normalized spacial score (nSPS) is 12.3. The van der Waals surface area contributed by atoms with Crippen LogP contribution in [0.4, 0.5) is 4.39 Å². The van der Waals surface area contributed by atoms with Crippen LogP contribution >= 0.6 is 11.6 Å². The zero-order valence-electron chi connectivity index (χ0n) is 15.1. The topological polar surface area (TPSA) is 21.3 Å². The molecule has 3 aromatic rings. The van der Waals surface area contributed by atoms with Gasteiger partial charge in [-0.25, -0.2) is 4.39 Å². The van der Waals surface area contributed by atoms with E-state index in [1.165, 1.54) is 6.07 Å². The Morgan fingerprint density at radius 1 is 1.04 bits per heavy atom. The van der Waals surface area contributed by atoms with E-state index in [0.29, 0.717) is 23.2 Å². The van der Waals surface area contributed by atoms with Crippen molar-refractivity contribution in [2.24, 2.45) is 0 Å². The van der Waals surface area contributed by atoms with E-state index in [1.807, 2.05) is 24.3 Å². The molecule has 1 atom stereocenters. The molecule has 0 saturated heterocycles. The fourth-order valence-electron chi connectivity index (χ4n) is 2.87. The Labute approximate surface area is 158 Å². The van der Waals surface area contributed by atoms with Gasteiger partial charge in [0, 0.05) is 23.7 Å². The van der Waals surface area contributed by atoms with Crippen molar-refractivity contribution < 1.29 is 9.13 Å². The maximum Gasteiger partial charge on any atom is 0.131 e. The summed E-state index contributed by atoms with van der Waals surface area (Å²) in [6.07, 6.45) is 1.05. The first kappa shape index (κ1) is 18.7. The molecular weight excluding hydrogens is 349 g/mol. The van der Waals surface area contributed by atoms with Crippen LogP contribution in [-0.2, 0) is 13.2 Å². The standard InChI is InChI=1S/C22H23ClFNO/c1-3-15(2)25-13-18-17-8-5-4-7-16(17)11-12-22(18)26-14-19-20(23)9-6-10-21(19)24/h4-12,15,25H,3,13-14H2,1-2H3/t15-/m1/s1. The van der Waals surface area contributed by atoms with E-state index in [-0.39, 0.29) is 12.4 Å². The third-order valence-electron chi connectivity index (χ3n) is 4.67. The highest BCUT2D eigenvalue weighted by molar-refractivity contribution is 6.31. The van der Waals surface area contributed by atoms with Crippen molar-refractivity contribution in [3.05, 3.63) is 76.6 Å². The number of hydrogen-bond acceptors (Lipinski definition) is 2. The Bertz CT molecular complexity index is 876. The average molecular weight is 372 g/mol. The van der Waals surface area contributed by atoms with Crippen molar-refractivity contribution in [1.29, 1.82) is 0 Å². The second-order valence-electron chi connectivity index (χ2n) is 6.44. The molecule has 3 rings (SSSR count). The summed E-state index contributed by atoms with van der Waals surface area (Å²) in [5.74, 6) is 0.399. The van der Waals surface area contributed by atoms with E-state index in [2.05, 4.69) is 31.3 Å². The summed E-state index contributed by atoms with van der Waals surface area (Å²) in [6.45, 7) is 5.10. The molecule has 26 heavy (non-hydrogen) atoms. The second-order valence-corrected chi connectivity index (χ2v) is 6.85. The van der Waals surface area contributed by atoms with Crippen molar-refractivity contribution in [3.8, 4) is 5.75 Å². The van der Waals surface area contributed by atoms with E-state index >= 15 is 0 Å². The Balaban J connectivity index is 1.91. The molecule has 0 radical (unpaired) electrons. The third kappa shape index (κ3) is 4.17. The van der Waals surface area contributed by atoms with Crippen molar-refractivity contribution >= 4 is 22.4 Å². The summed E-state index contributed by atoms with van der Waals surface area (Å²) in [5.41, 5.74) is 1.46. The number of benzene rings is 3. The van der Waals surface area contributed by atoms with Crippen LogP contribution in [0.1, 0.15) is 31.4 Å². The van der Waals surface area contributed by atoms with Gasteiger partial charge in [-0.2, -0.15) is 0 Å². The first-order chi connectivity index (χ1) is 12.6. The fraction of sp³-hybridized carbons (Fsp3) is 0.273. The molecule has 0 amide bonds. The molecule has 4 heteroatoms. The molecule has 0 spiro atoms. The molecule has 0 heterocycles. The van der Waals surface area contributed by atoms with Gasteiger partial charge in [0.25, 0.3) is 0 Å². The first-order valence-electron chi connectivity index (χ1n) is 8.89. The molecule has 136 valence electrons. The molecule has 0 unspecified atom stereocenters. The molecule has 0 saturated carbocycles. The van der Waals surface area contributed by atoms with Crippen LogP contribution in [-0.4, -0.2) is 6.04 Å². The van der Waals surface area contributed by atoms with Gasteiger partial charge in [-0.05, 0) is 42.3 Å². The second kappa shape index (κ2) is 8.52. The van der Waals surface area contributed by atoms with Crippen LogP contribution in [0.5, 0.6) is 5.75 Å². The summed E-state index contributed by atoms with van der Waals surface area (Å²) < 4.78 is 20.0. The minimum absolute atomic E-state index is 0.0974. The molecule has 0 fully saturated rings. The van der Waals surface area contributed by atoms with Gasteiger partial charge in [0.2, 0.25) is 0 Å². The molecule has 0 aliphatic heterocycles. The number of ether oxygens (including phenoxy) is 1. The van der Waals surface area contributed by atoms with E-state index in [4.69, 9.17) is 16.3 Å². The van der Waals surface area contributed by atoms with Crippen molar-refractivity contribution in [2.75, 3.05) is 0 Å². The molecule has 0 aliphatic carbocycles. The molecule has 1 N–H and O–H groups in total. The lowest BCUT2D eigenvalue weighted by Gasteiger charge is -2.18. The van der Waals surface area contributed by atoms with Crippen molar-refractivity contribution in [3.63, 3.8) is 0 Å². The number of halogens is 2. The lowest BCUT2D eigenvalue weighted by atomic mass is 10.0. The Kier molecular flexibility index (Phi) is 6.12. The van der Waals surface area contributed by atoms with Gasteiger partial charge in [0.05, 0.1) is 5.02 Å². The van der Waals surface area contributed by atoms with Gasteiger partial charge in [0.15, 0.2) is 0 Å². The minimum Gasteiger partial charge on any atom is -0.488 e. The summed E-state index contributed by atoms with van der Waals surface area (Å²) >= 11 is 6.12. The van der Waals surface area contributed by atoms with Crippen LogP contribution in [0, 0.1) is 5.82 Å². The summed E-state index contributed by atoms with van der Waals surface area (Å²) in [5, 5.41) is 6.20. The van der Waals surface area contributed by atoms with E-state index < -0.39 is 0 Å². The van der Waals surface area contributed by atoms with Crippen LogP contribution in [0.25, 0.3) is 10.8 Å². The Morgan fingerprint density at radius 2 is 1.85 bits per heavy atom. The van der Waals surface area contributed by atoms with E-state index in [9.17, 15) is 4.39 Å². The molecule has 0 aromatic heterocycles. The van der Waals surface area contributed by atoms with Gasteiger partial charge in [-0.3, -0.25) is 0 Å². The quantitative estimate of drug-likeness (QED) is 0.541. The highest BCUT2D eigenvalue weighted by atomic mass is 35.5. The highest BCUT2D eigenvalue weighted by Gasteiger charge is 2.13. The first-order valence-corrected chi connectivity index (χ1v) is 9.27. The monoisotopic (exact) mass is 371 g/mol. The fourth-order valence-corrected chi connectivity index (χ4v) is 3.09. The van der Waals surface area contributed by atoms with Crippen LogP contribution in [0.3, 0.4) is 0 Å². The Hall–Kier alpha value is -2.10. The number of fused-ring (bicyclic) bond motifs is 1. The largest absolute Gasteiger partial charge is 0.488 e. The summed E-state index contributed by atoms with van der Waals surface area (Å²) in [4.78, 5) is 0. The van der Waals surface area contributed by atoms with Crippen LogP contribution in [0.15, 0.2) is 54.6 Å². The van der Waals surface area contributed by atoms with Gasteiger partial charge >= 0.3 is 0 Å². The lowest BCUT2D eigenvalue weighted by molar-refractivity contribution is 0.296. The SMILES string of the molecule is CC[C@@H](C)NCc1c(OCc2c(F)cccc2Cl)ccc2ccccc12. The lowest BCUT2D eigenvalue weighted by Crippen LogP contribution is -2.24. The van der Waals surface area contributed by atoms with Crippen molar-refractivity contribution in [1.82, 2.24) is 5.32 Å². The highest BCUT2D eigenvalue weighted by Crippen LogP contribution is 2.30. The van der Waals surface area contributed by atoms with E-state index in [1.54, 1.807) is 12.1 Å².